The number of allylic oxidation sites excluding steroid dienone is 1. The van der Waals surface area contributed by atoms with Crippen molar-refractivity contribution in [3.05, 3.63) is 51.2 Å². The van der Waals surface area contributed by atoms with E-state index in [0.717, 1.165) is 12.8 Å². The van der Waals surface area contributed by atoms with E-state index >= 15 is 0 Å². The highest BCUT2D eigenvalue weighted by molar-refractivity contribution is 6.07. The summed E-state index contributed by atoms with van der Waals surface area (Å²) in [6.07, 6.45) is 3.10. The fourth-order valence-electron chi connectivity index (χ4n) is 3.65. The van der Waals surface area contributed by atoms with Crippen LogP contribution in [0.15, 0.2) is 40.5 Å². The first-order valence-corrected chi connectivity index (χ1v) is 10.7. The molecule has 1 heterocycles. The number of benzene rings is 1. The summed E-state index contributed by atoms with van der Waals surface area (Å²) in [4.78, 5) is 41.7. The summed E-state index contributed by atoms with van der Waals surface area (Å²) in [5.41, 5.74) is 1.10. The number of nitro benzene ring substituents is 1. The SMILES string of the molecule is CCCCOC(=O)C1=C(C)N=C(C)C(C(=O)OCCCC)C1c1ccccc1[N+](=O)[O-]. The predicted molar refractivity (Wildman–Crippen MR) is 117 cm³/mol. The Morgan fingerprint density at radius 1 is 1.06 bits per heavy atom. The van der Waals surface area contributed by atoms with Gasteiger partial charge >= 0.3 is 11.9 Å². The van der Waals surface area contributed by atoms with Crippen molar-refractivity contribution in [1.82, 2.24) is 0 Å². The summed E-state index contributed by atoms with van der Waals surface area (Å²) in [7, 11) is 0. The Morgan fingerprint density at radius 2 is 1.68 bits per heavy atom. The molecule has 8 heteroatoms. The monoisotopic (exact) mass is 430 g/mol. The van der Waals surface area contributed by atoms with Crippen molar-refractivity contribution in [2.24, 2.45) is 10.9 Å². The van der Waals surface area contributed by atoms with E-state index in [2.05, 4.69) is 4.99 Å². The average Bonchev–Trinajstić information content (AvgIpc) is 2.73. The number of ether oxygens (including phenoxy) is 2. The number of rotatable bonds is 10. The number of hydrogen-bond donors (Lipinski definition) is 0. The number of para-hydroxylation sites is 1. The summed E-state index contributed by atoms with van der Waals surface area (Å²) >= 11 is 0. The van der Waals surface area contributed by atoms with Crippen LogP contribution in [0.3, 0.4) is 0 Å². The van der Waals surface area contributed by atoms with Gasteiger partial charge in [-0.25, -0.2) is 4.79 Å². The first-order valence-electron chi connectivity index (χ1n) is 10.7. The normalized spacial score (nSPS) is 18.4. The molecule has 0 fully saturated rings. The molecular formula is C23H30N2O6. The third kappa shape index (κ3) is 5.77. The molecule has 168 valence electrons. The Balaban J connectivity index is 2.58. The molecule has 1 aromatic carbocycles. The minimum atomic E-state index is -0.949. The lowest BCUT2D eigenvalue weighted by atomic mass is 9.75. The van der Waals surface area contributed by atoms with E-state index < -0.39 is 28.7 Å². The lowest BCUT2D eigenvalue weighted by Crippen LogP contribution is -2.37. The number of carbonyl (C=O) groups excluding carboxylic acids is 2. The van der Waals surface area contributed by atoms with E-state index in [0.29, 0.717) is 24.3 Å². The molecule has 0 aliphatic carbocycles. The molecule has 0 spiro atoms. The summed E-state index contributed by atoms with van der Waals surface area (Å²) < 4.78 is 10.9. The van der Waals surface area contributed by atoms with Gasteiger partial charge in [-0.1, -0.05) is 44.9 Å². The number of nitrogens with zero attached hydrogens (tertiary/aromatic N) is 2. The van der Waals surface area contributed by atoms with Gasteiger partial charge in [0.05, 0.1) is 23.7 Å². The highest BCUT2D eigenvalue weighted by Crippen LogP contribution is 2.43. The predicted octanol–water partition coefficient (Wildman–Crippen LogP) is 4.73. The van der Waals surface area contributed by atoms with Crippen molar-refractivity contribution in [3.63, 3.8) is 0 Å². The molecule has 1 aliphatic heterocycles. The Hall–Kier alpha value is -3.03. The zero-order chi connectivity index (χ0) is 23.0. The van der Waals surface area contributed by atoms with Gasteiger partial charge in [0, 0.05) is 29.0 Å². The minimum Gasteiger partial charge on any atom is -0.465 e. The second-order valence-corrected chi connectivity index (χ2v) is 7.53. The molecule has 2 unspecified atom stereocenters. The van der Waals surface area contributed by atoms with Gasteiger partial charge in [0.25, 0.3) is 5.69 Å². The maximum Gasteiger partial charge on any atom is 0.336 e. The van der Waals surface area contributed by atoms with Crippen LogP contribution in [0.5, 0.6) is 0 Å². The van der Waals surface area contributed by atoms with Gasteiger partial charge in [0.2, 0.25) is 0 Å². The molecule has 8 nitrogen and oxygen atoms in total. The first-order chi connectivity index (χ1) is 14.8. The number of carbonyl (C=O) groups is 2. The summed E-state index contributed by atoms with van der Waals surface area (Å²) in [6, 6.07) is 6.14. The summed E-state index contributed by atoms with van der Waals surface area (Å²) in [6.45, 7) is 7.75. The Morgan fingerprint density at radius 3 is 2.29 bits per heavy atom. The standard InChI is InChI=1S/C23H30N2O6/c1-5-7-13-30-22(26)19-15(3)24-16(4)20(23(27)31-14-8-6-2)21(19)17-11-9-10-12-18(17)25(28)29/h9-12,19,21H,5-8,13-14H2,1-4H3. The number of hydrogen-bond acceptors (Lipinski definition) is 7. The average molecular weight is 431 g/mol. The Bertz CT molecular complexity index is 890. The molecular weight excluding hydrogens is 400 g/mol. The lowest BCUT2D eigenvalue weighted by Gasteiger charge is -2.31. The number of nitro groups is 1. The maximum absolute atomic E-state index is 13.0. The van der Waals surface area contributed by atoms with Crippen molar-refractivity contribution >= 4 is 23.3 Å². The van der Waals surface area contributed by atoms with Crippen LogP contribution in [-0.4, -0.2) is 35.8 Å². The van der Waals surface area contributed by atoms with Gasteiger partial charge in [-0.2, -0.15) is 0 Å². The minimum absolute atomic E-state index is 0.161. The molecule has 2 rings (SSSR count). The number of aliphatic imine (C=N–C) groups is 1. The number of unbranched alkanes of at least 4 members (excludes halogenated alkanes) is 2. The van der Waals surface area contributed by atoms with E-state index in [1.807, 2.05) is 13.8 Å². The molecule has 0 N–H and O–H groups in total. The number of esters is 2. The largest absolute Gasteiger partial charge is 0.465 e. The maximum atomic E-state index is 13.0. The second kappa shape index (κ2) is 11.4. The van der Waals surface area contributed by atoms with Crippen LogP contribution < -0.4 is 0 Å². The van der Waals surface area contributed by atoms with Crippen LogP contribution in [0.1, 0.15) is 64.9 Å². The fourth-order valence-corrected chi connectivity index (χ4v) is 3.65. The summed E-state index contributed by atoms with van der Waals surface area (Å²) in [5.74, 6) is -3.03. The molecule has 0 saturated carbocycles. The van der Waals surface area contributed by atoms with Crippen LogP contribution in [-0.2, 0) is 19.1 Å². The van der Waals surface area contributed by atoms with Crippen LogP contribution in [0.2, 0.25) is 0 Å². The zero-order valence-electron chi connectivity index (χ0n) is 18.6. The molecule has 0 radical (unpaired) electrons. The highest BCUT2D eigenvalue weighted by atomic mass is 16.6. The van der Waals surface area contributed by atoms with E-state index in [1.54, 1.807) is 32.0 Å². The van der Waals surface area contributed by atoms with Crippen molar-refractivity contribution in [2.75, 3.05) is 13.2 Å². The second-order valence-electron chi connectivity index (χ2n) is 7.53. The topological polar surface area (TPSA) is 108 Å². The van der Waals surface area contributed by atoms with E-state index in [-0.39, 0.29) is 30.0 Å². The van der Waals surface area contributed by atoms with Crippen LogP contribution >= 0.6 is 0 Å². The molecule has 0 aromatic heterocycles. The summed E-state index contributed by atoms with van der Waals surface area (Å²) in [5, 5.41) is 11.7. The van der Waals surface area contributed by atoms with Gasteiger partial charge in [0.1, 0.15) is 5.92 Å². The van der Waals surface area contributed by atoms with Crippen LogP contribution in [0, 0.1) is 16.0 Å². The molecule has 0 saturated heterocycles. The Kier molecular flexibility index (Phi) is 8.90. The zero-order valence-corrected chi connectivity index (χ0v) is 18.6. The van der Waals surface area contributed by atoms with E-state index in [4.69, 9.17) is 9.47 Å². The van der Waals surface area contributed by atoms with Crippen LogP contribution in [0.4, 0.5) is 5.69 Å². The Labute approximate surface area is 182 Å². The molecule has 2 atom stereocenters. The van der Waals surface area contributed by atoms with Gasteiger partial charge < -0.3 is 9.47 Å². The van der Waals surface area contributed by atoms with Crippen molar-refractivity contribution in [1.29, 1.82) is 0 Å². The molecule has 0 bridgehead atoms. The van der Waals surface area contributed by atoms with Gasteiger partial charge in [-0.3, -0.25) is 19.9 Å². The quantitative estimate of drug-likeness (QED) is 0.230. The smallest absolute Gasteiger partial charge is 0.336 e. The molecule has 1 aliphatic rings. The van der Waals surface area contributed by atoms with Crippen molar-refractivity contribution in [3.8, 4) is 0 Å². The van der Waals surface area contributed by atoms with Crippen LogP contribution in [0.25, 0.3) is 0 Å². The first kappa shape index (κ1) is 24.2. The van der Waals surface area contributed by atoms with E-state index in [1.165, 1.54) is 6.07 Å². The van der Waals surface area contributed by atoms with E-state index in [9.17, 15) is 19.7 Å². The fraction of sp³-hybridized carbons (Fsp3) is 0.522. The molecule has 1 aromatic rings. The third-order valence-electron chi connectivity index (χ3n) is 5.24. The van der Waals surface area contributed by atoms with Gasteiger partial charge in [0.15, 0.2) is 0 Å². The molecule has 0 amide bonds. The third-order valence-corrected chi connectivity index (χ3v) is 5.24. The lowest BCUT2D eigenvalue weighted by molar-refractivity contribution is -0.385. The highest BCUT2D eigenvalue weighted by Gasteiger charge is 2.44. The van der Waals surface area contributed by atoms with Gasteiger partial charge in [-0.05, 0) is 26.7 Å². The van der Waals surface area contributed by atoms with Crippen molar-refractivity contribution in [2.45, 2.75) is 59.3 Å². The molecule has 31 heavy (non-hydrogen) atoms. The van der Waals surface area contributed by atoms with Gasteiger partial charge in [-0.15, -0.1) is 0 Å². The van der Waals surface area contributed by atoms with Crippen molar-refractivity contribution < 1.29 is 24.0 Å².